The Morgan fingerprint density at radius 3 is 2.53 bits per heavy atom. The summed E-state index contributed by atoms with van der Waals surface area (Å²) in [6.07, 6.45) is 0. The summed E-state index contributed by atoms with van der Waals surface area (Å²) in [6.45, 7) is 2.05. The fourth-order valence-electron chi connectivity index (χ4n) is 2.16. The van der Waals surface area contributed by atoms with Crippen LogP contribution in [0, 0.1) is 11.7 Å². The van der Waals surface area contributed by atoms with Crippen molar-refractivity contribution < 1.29 is 0 Å². The quantitative estimate of drug-likeness (QED) is 0.605. The lowest BCUT2D eigenvalue weighted by Crippen LogP contribution is -1.96. The molecule has 3 rings (SSSR count). The highest BCUT2D eigenvalue weighted by Crippen LogP contribution is 2.29. The number of fused-ring (bicyclic) bond motifs is 1. The summed E-state index contributed by atoms with van der Waals surface area (Å²) in [6, 6.07) is 11.7. The molecule has 19 heavy (non-hydrogen) atoms. The Balaban J connectivity index is 2.42. The van der Waals surface area contributed by atoms with Crippen molar-refractivity contribution in [3.8, 4) is 5.69 Å². The number of H-pyrrole nitrogens is 1. The maximum atomic E-state index is 6.10. The van der Waals surface area contributed by atoms with Gasteiger partial charge in [-0.25, -0.2) is 0 Å². The lowest BCUT2D eigenvalue weighted by atomic mass is 10.2. The van der Waals surface area contributed by atoms with Gasteiger partial charge in [0, 0.05) is 0 Å². The van der Waals surface area contributed by atoms with Gasteiger partial charge in [-0.2, -0.15) is 0 Å². The molecule has 0 radical (unpaired) electrons. The Kier molecular flexibility index (Phi) is 3.13. The van der Waals surface area contributed by atoms with Crippen LogP contribution in [0.5, 0.6) is 0 Å². The van der Waals surface area contributed by atoms with Gasteiger partial charge in [0.15, 0.2) is 4.77 Å². The largest absolute Gasteiger partial charge is 0.330 e. The molecule has 0 aliphatic heterocycles. The van der Waals surface area contributed by atoms with Gasteiger partial charge in [0.1, 0.15) is 0 Å². The average Bonchev–Trinajstić information content (AvgIpc) is 2.66. The number of hydrogen-bond donors (Lipinski definition) is 1. The molecule has 1 aromatic heterocycles. The van der Waals surface area contributed by atoms with Crippen LogP contribution < -0.4 is 0 Å². The molecule has 0 unspecified atom stereocenters. The van der Waals surface area contributed by atoms with Crippen LogP contribution in [-0.4, -0.2) is 9.55 Å². The van der Waals surface area contributed by atoms with Gasteiger partial charge in [0.2, 0.25) is 0 Å². The third-order valence-electron chi connectivity index (χ3n) is 3.08. The minimum atomic E-state index is 0.516. The molecule has 5 heteroatoms. The molecule has 2 nitrogen and oxygen atoms in total. The predicted octanol–water partition coefficient (Wildman–Crippen LogP) is 5.30. The smallest absolute Gasteiger partial charge is 0.182 e. The molecule has 2 aromatic carbocycles. The summed E-state index contributed by atoms with van der Waals surface area (Å²) in [5, 5.41) is 1.04. The number of halogens is 2. The molecule has 0 saturated heterocycles. The third kappa shape index (κ3) is 2.08. The second-order valence-corrected chi connectivity index (χ2v) is 5.54. The summed E-state index contributed by atoms with van der Waals surface area (Å²) in [7, 11) is 0. The summed E-state index contributed by atoms with van der Waals surface area (Å²) in [5.41, 5.74) is 3.99. The standard InChI is InChI=1S/C14H10Cl2N2S/c1-8-4-2-3-5-12(8)18-13-7-10(16)9(15)6-11(13)17-14(18)19/h2-7H,1H3,(H,17,19). The highest BCUT2D eigenvalue weighted by atomic mass is 35.5. The second-order valence-electron chi connectivity index (χ2n) is 4.34. The summed E-state index contributed by atoms with van der Waals surface area (Å²) >= 11 is 17.5. The number of aryl methyl sites for hydroxylation is 1. The van der Waals surface area contributed by atoms with E-state index in [4.69, 9.17) is 35.4 Å². The summed E-state index contributed by atoms with van der Waals surface area (Å²) in [4.78, 5) is 3.16. The van der Waals surface area contributed by atoms with Crippen LogP contribution in [0.25, 0.3) is 16.7 Å². The molecule has 0 amide bonds. The van der Waals surface area contributed by atoms with Crippen molar-refractivity contribution in [2.45, 2.75) is 6.92 Å². The Morgan fingerprint density at radius 1 is 1.11 bits per heavy atom. The number of para-hydroxylation sites is 1. The monoisotopic (exact) mass is 308 g/mol. The van der Waals surface area contributed by atoms with E-state index in [0.717, 1.165) is 22.3 Å². The third-order valence-corrected chi connectivity index (χ3v) is 4.09. The lowest BCUT2D eigenvalue weighted by Gasteiger charge is -2.08. The maximum absolute atomic E-state index is 6.10. The Hall–Kier alpha value is -1.29. The van der Waals surface area contributed by atoms with Crippen LogP contribution in [0.4, 0.5) is 0 Å². The molecule has 0 atom stereocenters. The number of nitrogens with zero attached hydrogens (tertiary/aromatic N) is 1. The van der Waals surface area contributed by atoms with Crippen LogP contribution in [0.2, 0.25) is 10.0 Å². The minimum absolute atomic E-state index is 0.516. The van der Waals surface area contributed by atoms with E-state index in [9.17, 15) is 0 Å². The van der Waals surface area contributed by atoms with E-state index in [1.807, 2.05) is 41.8 Å². The van der Waals surface area contributed by atoms with Gasteiger partial charge in [-0.05, 0) is 42.9 Å². The molecule has 3 aromatic rings. The van der Waals surface area contributed by atoms with Crippen molar-refractivity contribution in [1.82, 2.24) is 9.55 Å². The van der Waals surface area contributed by atoms with E-state index >= 15 is 0 Å². The Labute approximate surface area is 125 Å². The highest BCUT2D eigenvalue weighted by molar-refractivity contribution is 7.71. The minimum Gasteiger partial charge on any atom is -0.330 e. The Bertz CT molecular complexity index is 833. The van der Waals surface area contributed by atoms with Crippen LogP contribution in [-0.2, 0) is 0 Å². The molecule has 1 heterocycles. The fraction of sp³-hybridized carbons (Fsp3) is 0.0714. The first-order chi connectivity index (χ1) is 9.08. The van der Waals surface area contributed by atoms with Gasteiger partial charge >= 0.3 is 0 Å². The van der Waals surface area contributed by atoms with Crippen LogP contribution in [0.3, 0.4) is 0 Å². The molecule has 0 fully saturated rings. The summed E-state index contributed by atoms with van der Waals surface area (Å²) < 4.78 is 2.60. The van der Waals surface area contributed by atoms with Gasteiger partial charge in [-0.1, -0.05) is 41.4 Å². The van der Waals surface area contributed by atoms with Gasteiger partial charge in [-0.3, -0.25) is 4.57 Å². The molecule has 0 saturated carbocycles. The first kappa shape index (κ1) is 12.7. The first-order valence-electron chi connectivity index (χ1n) is 5.73. The van der Waals surface area contributed by atoms with Gasteiger partial charge in [-0.15, -0.1) is 0 Å². The number of hydrogen-bond acceptors (Lipinski definition) is 1. The molecule has 0 aliphatic rings. The first-order valence-corrected chi connectivity index (χ1v) is 6.90. The fourth-order valence-corrected chi connectivity index (χ4v) is 2.78. The number of rotatable bonds is 1. The number of imidazole rings is 1. The van der Waals surface area contributed by atoms with Crippen LogP contribution in [0.1, 0.15) is 5.56 Å². The van der Waals surface area contributed by atoms with E-state index in [1.165, 1.54) is 0 Å². The number of aromatic nitrogens is 2. The zero-order valence-corrected chi connectivity index (χ0v) is 12.4. The number of benzene rings is 2. The SMILES string of the molecule is Cc1ccccc1-n1c(=S)[nH]c2cc(Cl)c(Cl)cc21. The molecule has 0 bridgehead atoms. The van der Waals surface area contributed by atoms with Crippen molar-refractivity contribution in [2.24, 2.45) is 0 Å². The Morgan fingerprint density at radius 2 is 1.79 bits per heavy atom. The molecule has 96 valence electrons. The van der Waals surface area contributed by atoms with Crippen molar-refractivity contribution >= 4 is 46.5 Å². The number of nitrogens with one attached hydrogen (secondary N) is 1. The molecule has 1 N–H and O–H groups in total. The van der Waals surface area contributed by atoms with Crippen LogP contribution in [0.15, 0.2) is 36.4 Å². The second kappa shape index (κ2) is 4.67. The molecule has 0 aliphatic carbocycles. The van der Waals surface area contributed by atoms with E-state index in [-0.39, 0.29) is 0 Å². The van der Waals surface area contributed by atoms with E-state index < -0.39 is 0 Å². The molecule has 0 spiro atoms. The van der Waals surface area contributed by atoms with Crippen molar-refractivity contribution in [1.29, 1.82) is 0 Å². The van der Waals surface area contributed by atoms with Gasteiger partial charge in [0.25, 0.3) is 0 Å². The summed E-state index contributed by atoms with van der Waals surface area (Å²) in [5.74, 6) is 0. The number of aromatic amines is 1. The zero-order valence-electron chi connectivity index (χ0n) is 10.1. The molecular formula is C14H10Cl2N2S. The van der Waals surface area contributed by atoms with E-state index in [2.05, 4.69) is 4.98 Å². The average molecular weight is 309 g/mol. The normalized spacial score (nSPS) is 11.1. The van der Waals surface area contributed by atoms with Gasteiger partial charge in [0.05, 0.1) is 26.8 Å². The molecular weight excluding hydrogens is 299 g/mol. The highest BCUT2D eigenvalue weighted by Gasteiger charge is 2.10. The van der Waals surface area contributed by atoms with Crippen molar-refractivity contribution in [3.05, 3.63) is 56.8 Å². The predicted molar refractivity (Wildman–Crippen MR) is 83.2 cm³/mol. The van der Waals surface area contributed by atoms with E-state index in [0.29, 0.717) is 14.8 Å². The van der Waals surface area contributed by atoms with Crippen molar-refractivity contribution in [3.63, 3.8) is 0 Å². The van der Waals surface area contributed by atoms with Crippen LogP contribution >= 0.6 is 35.4 Å². The topological polar surface area (TPSA) is 20.7 Å². The lowest BCUT2D eigenvalue weighted by molar-refractivity contribution is 1.05. The zero-order chi connectivity index (χ0) is 13.6. The maximum Gasteiger partial charge on any atom is 0.182 e. The van der Waals surface area contributed by atoms with E-state index in [1.54, 1.807) is 6.07 Å². The van der Waals surface area contributed by atoms with Gasteiger partial charge < -0.3 is 4.98 Å². The van der Waals surface area contributed by atoms with Crippen molar-refractivity contribution in [2.75, 3.05) is 0 Å².